The fraction of sp³-hybridized carbons (Fsp3) is 0.273. The lowest BCUT2D eigenvalue weighted by molar-refractivity contribution is -0.384. The number of carbonyl (C=O) groups is 2. The summed E-state index contributed by atoms with van der Waals surface area (Å²) in [6.07, 6.45) is 3.27. The van der Waals surface area contributed by atoms with E-state index in [4.69, 9.17) is 9.84 Å². The number of nitrogens with one attached hydrogen (secondary N) is 2. The first kappa shape index (κ1) is 23.6. The third-order valence-electron chi connectivity index (χ3n) is 4.17. The van der Waals surface area contributed by atoms with Crippen LogP contribution in [0.3, 0.4) is 0 Å². The van der Waals surface area contributed by atoms with Crippen molar-refractivity contribution in [1.82, 2.24) is 10.6 Å². The smallest absolute Gasteiger partial charge is 0.270 e. The van der Waals surface area contributed by atoms with Crippen molar-refractivity contribution in [2.45, 2.75) is 19.8 Å². The Labute approximate surface area is 179 Å². The van der Waals surface area contributed by atoms with Crippen molar-refractivity contribution in [1.29, 1.82) is 0 Å². The van der Waals surface area contributed by atoms with E-state index < -0.39 is 16.7 Å². The number of ether oxygens (including phenoxy) is 1. The Morgan fingerprint density at radius 2 is 1.94 bits per heavy atom. The number of amides is 2. The second kappa shape index (κ2) is 12.1. The highest BCUT2D eigenvalue weighted by atomic mass is 16.6. The zero-order chi connectivity index (χ0) is 22.6. The molecule has 0 saturated carbocycles. The molecule has 0 atom stereocenters. The summed E-state index contributed by atoms with van der Waals surface area (Å²) in [4.78, 5) is 35.5. The van der Waals surface area contributed by atoms with E-state index in [1.54, 1.807) is 30.3 Å². The average Bonchev–Trinajstić information content (AvgIpc) is 2.77. The third-order valence-corrected chi connectivity index (χ3v) is 4.17. The molecule has 2 amide bonds. The van der Waals surface area contributed by atoms with Crippen LogP contribution in [0.1, 0.15) is 35.7 Å². The highest BCUT2D eigenvalue weighted by Crippen LogP contribution is 2.16. The minimum atomic E-state index is -0.631. The quantitative estimate of drug-likeness (QED) is 0.219. The predicted molar refractivity (Wildman–Crippen MR) is 115 cm³/mol. The Kier molecular flexibility index (Phi) is 9.18. The van der Waals surface area contributed by atoms with Crippen molar-refractivity contribution >= 4 is 23.6 Å². The Morgan fingerprint density at radius 1 is 1.19 bits per heavy atom. The lowest BCUT2D eigenvalue weighted by Crippen LogP contribution is -2.36. The molecule has 9 heteroatoms. The molecule has 0 radical (unpaired) electrons. The summed E-state index contributed by atoms with van der Waals surface area (Å²) in [5.74, 6) is -0.526. The summed E-state index contributed by atoms with van der Waals surface area (Å²) < 4.78 is 5.57. The number of unbranched alkanes of at least 4 members (excludes halogenated alkanes) is 1. The van der Waals surface area contributed by atoms with Crippen molar-refractivity contribution < 1.29 is 24.4 Å². The summed E-state index contributed by atoms with van der Waals surface area (Å²) >= 11 is 0. The number of nitrogens with zero attached hydrogens (tertiary/aromatic N) is 1. The summed E-state index contributed by atoms with van der Waals surface area (Å²) in [6, 6.07) is 12.1. The van der Waals surface area contributed by atoms with E-state index in [-0.39, 0.29) is 24.5 Å². The van der Waals surface area contributed by atoms with Gasteiger partial charge in [-0.15, -0.1) is 0 Å². The predicted octanol–water partition coefficient (Wildman–Crippen LogP) is 2.65. The van der Waals surface area contributed by atoms with E-state index in [1.807, 2.05) is 0 Å². The van der Waals surface area contributed by atoms with Gasteiger partial charge in [-0.2, -0.15) is 0 Å². The molecule has 2 rings (SSSR count). The SMILES string of the molecule is CCCCOc1ccc(C(=O)NC(=Cc2cccc([N+](=O)[O-])c2)C(=O)NCCO)cc1. The van der Waals surface area contributed by atoms with E-state index in [9.17, 15) is 19.7 Å². The molecule has 0 aromatic heterocycles. The molecule has 2 aromatic rings. The van der Waals surface area contributed by atoms with Crippen LogP contribution < -0.4 is 15.4 Å². The molecule has 0 aliphatic carbocycles. The molecule has 0 heterocycles. The van der Waals surface area contributed by atoms with Gasteiger partial charge in [-0.25, -0.2) is 0 Å². The Morgan fingerprint density at radius 3 is 2.58 bits per heavy atom. The second-order valence-corrected chi connectivity index (χ2v) is 6.57. The number of hydrogen-bond acceptors (Lipinski definition) is 6. The highest BCUT2D eigenvalue weighted by molar-refractivity contribution is 6.05. The molecule has 0 aliphatic rings. The Bertz CT molecular complexity index is 941. The largest absolute Gasteiger partial charge is 0.494 e. The minimum absolute atomic E-state index is 0.00915. The van der Waals surface area contributed by atoms with Crippen molar-refractivity contribution in [2.24, 2.45) is 0 Å². The molecule has 3 N–H and O–H groups in total. The maximum absolute atomic E-state index is 12.6. The molecule has 9 nitrogen and oxygen atoms in total. The average molecular weight is 427 g/mol. The standard InChI is InChI=1S/C22H25N3O6/c1-2-3-13-31-19-9-7-17(8-10-19)21(27)24-20(22(28)23-11-12-26)15-16-5-4-6-18(14-16)25(29)30/h4-10,14-15,26H,2-3,11-13H2,1H3,(H,23,28)(H,24,27). The van der Waals surface area contributed by atoms with Gasteiger partial charge in [0.15, 0.2) is 0 Å². The van der Waals surface area contributed by atoms with E-state index in [1.165, 1.54) is 24.3 Å². The van der Waals surface area contributed by atoms with Crippen molar-refractivity contribution in [3.63, 3.8) is 0 Å². The lowest BCUT2D eigenvalue weighted by Gasteiger charge is -2.11. The van der Waals surface area contributed by atoms with Gasteiger partial charge in [0.1, 0.15) is 11.4 Å². The van der Waals surface area contributed by atoms with Crippen LogP contribution in [0.2, 0.25) is 0 Å². The van der Waals surface area contributed by atoms with Crippen LogP contribution in [-0.4, -0.2) is 41.6 Å². The van der Waals surface area contributed by atoms with Crippen molar-refractivity contribution in [2.75, 3.05) is 19.8 Å². The lowest BCUT2D eigenvalue weighted by atomic mass is 10.1. The fourth-order valence-electron chi connectivity index (χ4n) is 2.55. The molecule has 2 aromatic carbocycles. The van der Waals surface area contributed by atoms with E-state index in [0.717, 1.165) is 12.8 Å². The van der Waals surface area contributed by atoms with Gasteiger partial charge in [-0.05, 0) is 42.3 Å². The molecular weight excluding hydrogens is 402 g/mol. The molecule has 164 valence electrons. The molecule has 31 heavy (non-hydrogen) atoms. The van der Waals surface area contributed by atoms with Crippen molar-refractivity contribution in [3.05, 3.63) is 75.5 Å². The van der Waals surface area contributed by atoms with Crippen LogP contribution in [0, 0.1) is 10.1 Å². The first-order valence-electron chi connectivity index (χ1n) is 9.84. The molecule has 0 unspecified atom stereocenters. The highest BCUT2D eigenvalue weighted by Gasteiger charge is 2.15. The summed E-state index contributed by atoms with van der Waals surface area (Å²) in [7, 11) is 0. The number of aliphatic hydroxyl groups excluding tert-OH is 1. The van der Waals surface area contributed by atoms with Crippen LogP contribution in [0.4, 0.5) is 5.69 Å². The van der Waals surface area contributed by atoms with Gasteiger partial charge in [-0.3, -0.25) is 19.7 Å². The van der Waals surface area contributed by atoms with Gasteiger partial charge in [0.25, 0.3) is 17.5 Å². The topological polar surface area (TPSA) is 131 Å². The monoisotopic (exact) mass is 427 g/mol. The van der Waals surface area contributed by atoms with Crippen molar-refractivity contribution in [3.8, 4) is 5.75 Å². The number of hydrogen-bond donors (Lipinski definition) is 3. The van der Waals surface area contributed by atoms with E-state index >= 15 is 0 Å². The number of aliphatic hydroxyl groups is 1. The number of benzene rings is 2. The summed E-state index contributed by atoms with van der Waals surface area (Å²) in [5.41, 5.74) is 0.419. The van der Waals surface area contributed by atoms with Crippen LogP contribution in [-0.2, 0) is 4.79 Å². The molecule has 0 aliphatic heterocycles. The zero-order valence-electron chi connectivity index (χ0n) is 17.2. The molecule has 0 bridgehead atoms. The molecular formula is C22H25N3O6. The maximum atomic E-state index is 12.6. The van der Waals surface area contributed by atoms with Gasteiger partial charge in [0.2, 0.25) is 0 Å². The number of non-ortho nitro benzene ring substituents is 1. The third kappa shape index (κ3) is 7.56. The van der Waals surface area contributed by atoms with Gasteiger partial charge < -0.3 is 20.5 Å². The van der Waals surface area contributed by atoms with Gasteiger partial charge in [-0.1, -0.05) is 25.5 Å². The molecule has 0 saturated heterocycles. The maximum Gasteiger partial charge on any atom is 0.270 e. The van der Waals surface area contributed by atoms with E-state index in [2.05, 4.69) is 17.6 Å². The Hall–Kier alpha value is -3.72. The van der Waals surface area contributed by atoms with Gasteiger partial charge in [0, 0.05) is 24.2 Å². The normalized spacial score (nSPS) is 11.0. The molecule has 0 spiro atoms. The van der Waals surface area contributed by atoms with Crippen LogP contribution >= 0.6 is 0 Å². The summed E-state index contributed by atoms with van der Waals surface area (Å²) in [6.45, 7) is 2.36. The van der Waals surface area contributed by atoms with Gasteiger partial charge >= 0.3 is 0 Å². The van der Waals surface area contributed by atoms with E-state index in [0.29, 0.717) is 23.5 Å². The van der Waals surface area contributed by atoms with Gasteiger partial charge in [0.05, 0.1) is 18.1 Å². The first-order valence-corrected chi connectivity index (χ1v) is 9.84. The van der Waals surface area contributed by atoms with Crippen LogP contribution in [0.15, 0.2) is 54.2 Å². The Balaban J connectivity index is 2.20. The number of nitro benzene ring substituents is 1. The zero-order valence-corrected chi connectivity index (χ0v) is 17.2. The minimum Gasteiger partial charge on any atom is -0.494 e. The fourth-order valence-corrected chi connectivity index (χ4v) is 2.55. The number of rotatable bonds is 11. The number of carbonyl (C=O) groups excluding carboxylic acids is 2. The second-order valence-electron chi connectivity index (χ2n) is 6.57. The van der Waals surface area contributed by atoms with Crippen LogP contribution in [0.5, 0.6) is 5.75 Å². The number of nitro groups is 1. The molecule has 0 fully saturated rings. The first-order chi connectivity index (χ1) is 14.9. The van der Waals surface area contributed by atoms with Crippen LogP contribution in [0.25, 0.3) is 6.08 Å². The summed E-state index contributed by atoms with van der Waals surface area (Å²) in [5, 5.41) is 24.9.